The SMILES string of the molecule is O=S(=O)(O)CCCCCCCCCF. The van der Waals surface area contributed by atoms with Gasteiger partial charge in [-0.05, 0) is 12.8 Å². The van der Waals surface area contributed by atoms with E-state index in [2.05, 4.69) is 0 Å². The molecular weight excluding hydrogens is 207 g/mol. The third-order valence-corrected chi connectivity index (χ3v) is 2.84. The standard InChI is InChI=1S/C9H19FO3S/c10-8-6-4-2-1-3-5-7-9-14(11,12)13/h1-9H2,(H,11,12,13). The number of unbranched alkanes of at least 4 members (excludes halogenated alkanes) is 6. The van der Waals surface area contributed by atoms with Crippen LogP contribution in [-0.4, -0.2) is 25.4 Å². The van der Waals surface area contributed by atoms with Crippen molar-refractivity contribution in [3.63, 3.8) is 0 Å². The minimum Gasteiger partial charge on any atom is -0.286 e. The van der Waals surface area contributed by atoms with Crippen LogP contribution in [0, 0.1) is 0 Å². The van der Waals surface area contributed by atoms with Crippen LogP contribution < -0.4 is 0 Å². The highest BCUT2D eigenvalue weighted by Gasteiger charge is 2.02. The highest BCUT2D eigenvalue weighted by Crippen LogP contribution is 2.07. The number of alkyl halides is 1. The number of rotatable bonds is 9. The third kappa shape index (κ3) is 11.8. The summed E-state index contributed by atoms with van der Waals surface area (Å²) in [6, 6.07) is 0. The lowest BCUT2D eigenvalue weighted by atomic mass is 10.1. The predicted molar refractivity (Wildman–Crippen MR) is 54.7 cm³/mol. The van der Waals surface area contributed by atoms with Gasteiger partial charge in [0.1, 0.15) is 0 Å². The molecular formula is C9H19FO3S. The van der Waals surface area contributed by atoms with Crippen molar-refractivity contribution < 1.29 is 17.4 Å². The van der Waals surface area contributed by atoms with E-state index in [1.165, 1.54) is 0 Å². The normalized spacial score (nSPS) is 11.9. The Bertz CT molecular complexity index is 214. The first-order chi connectivity index (χ1) is 6.56. The van der Waals surface area contributed by atoms with E-state index >= 15 is 0 Å². The summed E-state index contributed by atoms with van der Waals surface area (Å²) in [6.45, 7) is -0.247. The van der Waals surface area contributed by atoms with Crippen molar-refractivity contribution in [1.82, 2.24) is 0 Å². The average Bonchev–Trinajstić information content (AvgIpc) is 2.08. The number of halogens is 1. The van der Waals surface area contributed by atoms with E-state index in [9.17, 15) is 12.8 Å². The molecule has 0 saturated carbocycles. The summed E-state index contributed by atoms with van der Waals surface area (Å²) in [4.78, 5) is 0. The molecule has 0 radical (unpaired) electrons. The fraction of sp³-hybridized carbons (Fsp3) is 1.00. The van der Waals surface area contributed by atoms with Crippen LogP contribution in [0.15, 0.2) is 0 Å². The molecule has 1 N–H and O–H groups in total. The first kappa shape index (κ1) is 13.8. The lowest BCUT2D eigenvalue weighted by Crippen LogP contribution is -2.03. The van der Waals surface area contributed by atoms with Crippen molar-refractivity contribution in [2.75, 3.05) is 12.4 Å². The molecule has 0 heterocycles. The molecule has 0 rings (SSSR count). The van der Waals surface area contributed by atoms with Crippen LogP contribution >= 0.6 is 0 Å². The van der Waals surface area contributed by atoms with Crippen LogP contribution in [0.1, 0.15) is 44.9 Å². The Hall–Kier alpha value is -0.160. The maximum absolute atomic E-state index is 11.7. The number of hydrogen-bond donors (Lipinski definition) is 1. The summed E-state index contributed by atoms with van der Waals surface area (Å²) >= 11 is 0. The van der Waals surface area contributed by atoms with Crippen molar-refractivity contribution >= 4 is 10.1 Å². The maximum Gasteiger partial charge on any atom is 0.264 e. The second-order valence-electron chi connectivity index (χ2n) is 3.45. The van der Waals surface area contributed by atoms with Crippen molar-refractivity contribution in [2.24, 2.45) is 0 Å². The van der Waals surface area contributed by atoms with Gasteiger partial charge in [-0.1, -0.05) is 32.1 Å². The van der Waals surface area contributed by atoms with Crippen molar-refractivity contribution in [2.45, 2.75) is 44.9 Å². The summed E-state index contributed by atoms with van der Waals surface area (Å²) < 4.78 is 40.7. The first-order valence-corrected chi connectivity index (χ1v) is 6.68. The van der Waals surface area contributed by atoms with Gasteiger partial charge in [0, 0.05) is 0 Å². The molecule has 0 aliphatic heterocycles. The summed E-state index contributed by atoms with van der Waals surface area (Å²) in [5.74, 6) is -0.141. The molecule has 0 aliphatic carbocycles. The molecule has 0 aliphatic rings. The van der Waals surface area contributed by atoms with E-state index in [1.807, 2.05) is 0 Å². The van der Waals surface area contributed by atoms with Gasteiger partial charge in [0.2, 0.25) is 0 Å². The minimum absolute atomic E-state index is 0.141. The molecule has 0 aromatic heterocycles. The first-order valence-electron chi connectivity index (χ1n) is 5.07. The summed E-state index contributed by atoms with van der Waals surface area (Å²) in [7, 11) is -3.78. The van der Waals surface area contributed by atoms with E-state index in [0.717, 1.165) is 32.1 Å². The smallest absolute Gasteiger partial charge is 0.264 e. The molecule has 0 fully saturated rings. The van der Waals surface area contributed by atoms with Gasteiger partial charge < -0.3 is 0 Å². The Balaban J connectivity index is 3.07. The van der Waals surface area contributed by atoms with Gasteiger partial charge in [0.15, 0.2) is 0 Å². The van der Waals surface area contributed by atoms with Gasteiger partial charge in [-0.2, -0.15) is 8.42 Å². The van der Waals surface area contributed by atoms with Gasteiger partial charge in [0.05, 0.1) is 12.4 Å². The third-order valence-electron chi connectivity index (χ3n) is 2.04. The molecule has 5 heteroatoms. The van der Waals surface area contributed by atoms with Crippen molar-refractivity contribution in [3.8, 4) is 0 Å². The molecule has 0 spiro atoms. The van der Waals surface area contributed by atoms with E-state index in [-0.39, 0.29) is 12.4 Å². The molecule has 0 amide bonds. The molecule has 86 valence electrons. The second-order valence-corrected chi connectivity index (χ2v) is 5.02. The number of hydrogen-bond acceptors (Lipinski definition) is 2. The Morgan fingerprint density at radius 1 is 0.857 bits per heavy atom. The summed E-state index contributed by atoms with van der Waals surface area (Å²) in [6.07, 6.45) is 5.86. The van der Waals surface area contributed by atoms with Crippen LogP contribution in [-0.2, 0) is 10.1 Å². The van der Waals surface area contributed by atoms with Gasteiger partial charge in [0.25, 0.3) is 10.1 Å². The monoisotopic (exact) mass is 226 g/mol. The molecule has 0 aromatic rings. The van der Waals surface area contributed by atoms with Crippen LogP contribution in [0.3, 0.4) is 0 Å². The van der Waals surface area contributed by atoms with Crippen molar-refractivity contribution in [1.29, 1.82) is 0 Å². The van der Waals surface area contributed by atoms with Crippen LogP contribution in [0.5, 0.6) is 0 Å². The van der Waals surface area contributed by atoms with Gasteiger partial charge in [-0.3, -0.25) is 8.94 Å². The molecule has 0 bridgehead atoms. The fourth-order valence-electron chi connectivity index (χ4n) is 1.26. The molecule has 3 nitrogen and oxygen atoms in total. The van der Waals surface area contributed by atoms with Gasteiger partial charge in [-0.15, -0.1) is 0 Å². The van der Waals surface area contributed by atoms with Crippen LogP contribution in [0.25, 0.3) is 0 Å². The topological polar surface area (TPSA) is 54.4 Å². The highest BCUT2D eigenvalue weighted by molar-refractivity contribution is 7.85. The van der Waals surface area contributed by atoms with Crippen LogP contribution in [0.2, 0.25) is 0 Å². The Morgan fingerprint density at radius 3 is 1.71 bits per heavy atom. The van der Waals surface area contributed by atoms with Gasteiger partial charge >= 0.3 is 0 Å². The van der Waals surface area contributed by atoms with Gasteiger partial charge in [-0.25, -0.2) is 0 Å². The predicted octanol–water partition coefficient (Wildman–Crippen LogP) is 2.57. The minimum atomic E-state index is -3.78. The van der Waals surface area contributed by atoms with E-state index < -0.39 is 10.1 Å². The lowest BCUT2D eigenvalue weighted by Gasteiger charge is -1.99. The van der Waals surface area contributed by atoms with Crippen molar-refractivity contribution in [3.05, 3.63) is 0 Å². The summed E-state index contributed by atoms with van der Waals surface area (Å²) in [5, 5.41) is 0. The zero-order chi connectivity index (χ0) is 10.9. The quantitative estimate of drug-likeness (QED) is 0.485. The maximum atomic E-state index is 11.7. The lowest BCUT2D eigenvalue weighted by molar-refractivity contribution is 0.449. The van der Waals surface area contributed by atoms with E-state index in [4.69, 9.17) is 4.55 Å². The molecule has 0 unspecified atom stereocenters. The molecule has 0 saturated heterocycles. The average molecular weight is 226 g/mol. The second kappa shape index (κ2) is 8.17. The van der Waals surface area contributed by atoms with E-state index in [1.54, 1.807) is 0 Å². The van der Waals surface area contributed by atoms with Crippen LogP contribution in [0.4, 0.5) is 4.39 Å². The fourth-order valence-corrected chi connectivity index (χ4v) is 1.83. The summed E-state index contributed by atoms with van der Waals surface area (Å²) in [5.41, 5.74) is 0. The molecule has 0 atom stereocenters. The zero-order valence-electron chi connectivity index (χ0n) is 8.41. The Morgan fingerprint density at radius 2 is 1.29 bits per heavy atom. The largest absolute Gasteiger partial charge is 0.286 e. The molecule has 0 aromatic carbocycles. The zero-order valence-corrected chi connectivity index (χ0v) is 9.23. The highest BCUT2D eigenvalue weighted by atomic mass is 32.2. The Labute approximate surface area is 85.5 Å². The van der Waals surface area contributed by atoms with E-state index in [0.29, 0.717) is 12.8 Å². The molecule has 14 heavy (non-hydrogen) atoms. The Kier molecular flexibility index (Phi) is 8.08.